The number of phenolic OH excluding ortho intramolecular Hbond substituents is 1. The molecule has 278 valence electrons. The van der Waals surface area contributed by atoms with Crippen molar-refractivity contribution >= 4 is 107 Å². The monoisotopic (exact) mass is 764 g/mol. The number of phenols is 1. The molecule has 11 aromatic rings. The van der Waals surface area contributed by atoms with Gasteiger partial charge in [0.15, 0.2) is 17.5 Å². The lowest BCUT2D eigenvalue weighted by molar-refractivity contribution is 0.482. The van der Waals surface area contributed by atoms with Crippen LogP contribution in [0.15, 0.2) is 164 Å². The second-order valence-corrected chi connectivity index (χ2v) is 15.9. The van der Waals surface area contributed by atoms with E-state index >= 15 is 0 Å². The molecular weight excluding hydrogens is 728 g/mol. The second-order valence-electron chi connectivity index (χ2n) is 15.9. The van der Waals surface area contributed by atoms with Crippen molar-refractivity contribution < 1.29 is 5.11 Å². The van der Waals surface area contributed by atoms with Crippen LogP contribution < -0.4 is 21.9 Å². The first kappa shape index (κ1) is 35.8. The van der Waals surface area contributed by atoms with E-state index in [2.05, 4.69) is 155 Å². The number of benzene rings is 9. The third-order valence-corrected chi connectivity index (χ3v) is 12.7. The van der Waals surface area contributed by atoms with E-state index in [1.54, 1.807) is 0 Å². The van der Waals surface area contributed by atoms with Crippen LogP contribution in [-0.4, -0.2) is 56.0 Å². The SMILES string of the molecule is Bc1c(B)c(B)c(-c2ccc3c(c2)c2ccccc2n3-c2cc3c4ccccc4c4ccccc4c3cc2-c2nc(-c3ccccc3)nc(-c3ccccc3)n2)c(O)c1B. The van der Waals surface area contributed by atoms with Gasteiger partial charge in [-0.25, -0.2) is 15.0 Å². The summed E-state index contributed by atoms with van der Waals surface area (Å²) in [6.45, 7) is 0. The van der Waals surface area contributed by atoms with Crippen molar-refractivity contribution in [1.82, 2.24) is 19.5 Å². The first-order valence-electron chi connectivity index (χ1n) is 20.4. The van der Waals surface area contributed by atoms with E-state index in [-0.39, 0.29) is 0 Å². The zero-order valence-corrected chi connectivity index (χ0v) is 33.8. The van der Waals surface area contributed by atoms with Crippen LogP contribution in [0, 0.1) is 0 Å². The molecule has 0 unspecified atom stereocenters. The van der Waals surface area contributed by atoms with Crippen molar-refractivity contribution in [3.8, 4) is 56.7 Å². The van der Waals surface area contributed by atoms with Gasteiger partial charge in [-0.15, -0.1) is 5.46 Å². The number of nitrogens with zero attached hydrogens (tertiary/aromatic N) is 4. The zero-order chi connectivity index (χ0) is 40.6. The summed E-state index contributed by atoms with van der Waals surface area (Å²) in [4.78, 5) is 15.7. The predicted octanol–water partition coefficient (Wildman–Crippen LogP) is 5.84. The summed E-state index contributed by atoms with van der Waals surface area (Å²) in [6, 6.07) is 57.6. The van der Waals surface area contributed by atoms with Crippen LogP contribution in [0.4, 0.5) is 0 Å². The molecule has 0 fully saturated rings. The molecule has 5 nitrogen and oxygen atoms in total. The van der Waals surface area contributed by atoms with Gasteiger partial charge in [-0.3, -0.25) is 0 Å². The largest absolute Gasteiger partial charge is 0.508 e. The van der Waals surface area contributed by atoms with Gasteiger partial charge in [-0.1, -0.05) is 150 Å². The van der Waals surface area contributed by atoms with Crippen LogP contribution in [0.5, 0.6) is 5.75 Å². The average molecular weight is 764 g/mol. The third-order valence-electron chi connectivity index (χ3n) is 12.7. The van der Waals surface area contributed by atoms with Gasteiger partial charge in [0.1, 0.15) is 37.1 Å². The predicted molar refractivity (Wildman–Crippen MR) is 263 cm³/mol. The van der Waals surface area contributed by atoms with E-state index in [4.69, 9.17) is 15.0 Å². The van der Waals surface area contributed by atoms with Gasteiger partial charge in [-0.2, -0.15) is 0 Å². The Kier molecular flexibility index (Phi) is 8.28. The van der Waals surface area contributed by atoms with Gasteiger partial charge in [0, 0.05) is 33.0 Å². The van der Waals surface area contributed by atoms with E-state index in [0.717, 1.165) is 82.5 Å². The lowest BCUT2D eigenvalue weighted by atomic mass is 9.64. The van der Waals surface area contributed by atoms with Crippen LogP contribution in [0.1, 0.15) is 0 Å². The van der Waals surface area contributed by atoms with Crippen molar-refractivity contribution in [2.24, 2.45) is 0 Å². The lowest BCUT2D eigenvalue weighted by Gasteiger charge is -2.19. The number of aromatic hydroxyl groups is 1. The van der Waals surface area contributed by atoms with Crippen LogP contribution in [0.2, 0.25) is 0 Å². The minimum Gasteiger partial charge on any atom is -0.508 e. The molecule has 0 saturated heterocycles. The first-order chi connectivity index (χ1) is 29.4. The van der Waals surface area contributed by atoms with Crippen LogP contribution in [0.3, 0.4) is 0 Å². The maximum Gasteiger partial charge on any atom is 0.166 e. The Balaban J connectivity index is 1.28. The Hall–Kier alpha value is -7.37. The third kappa shape index (κ3) is 5.50. The van der Waals surface area contributed by atoms with Crippen molar-refractivity contribution in [3.05, 3.63) is 164 Å². The fourth-order valence-corrected chi connectivity index (χ4v) is 9.27. The number of rotatable bonds is 5. The maximum atomic E-state index is 11.6. The summed E-state index contributed by atoms with van der Waals surface area (Å²) in [7, 11) is 8.35. The van der Waals surface area contributed by atoms with Crippen LogP contribution in [0.25, 0.3) is 105 Å². The van der Waals surface area contributed by atoms with E-state index in [0.29, 0.717) is 23.2 Å². The molecule has 0 radical (unpaired) electrons. The summed E-state index contributed by atoms with van der Waals surface area (Å²) in [5.41, 5.74) is 12.0. The van der Waals surface area contributed by atoms with Crippen LogP contribution in [-0.2, 0) is 0 Å². The van der Waals surface area contributed by atoms with E-state index < -0.39 is 0 Å². The minimum atomic E-state index is 0.341. The average Bonchev–Trinajstić information content (AvgIpc) is 3.64. The molecule has 0 spiro atoms. The first-order valence-corrected chi connectivity index (χ1v) is 20.4. The molecule has 0 aliphatic carbocycles. The lowest BCUT2D eigenvalue weighted by Crippen LogP contribution is -2.48. The molecule has 60 heavy (non-hydrogen) atoms. The number of fused-ring (bicyclic) bond motifs is 9. The molecule has 0 aliphatic heterocycles. The van der Waals surface area contributed by atoms with Gasteiger partial charge in [0.25, 0.3) is 0 Å². The molecule has 1 N–H and O–H groups in total. The number of para-hydroxylation sites is 1. The Morgan fingerprint density at radius 3 is 1.43 bits per heavy atom. The zero-order valence-electron chi connectivity index (χ0n) is 33.8. The molecule has 9 heteroatoms. The second kappa shape index (κ2) is 13.9. The molecule has 0 amide bonds. The highest BCUT2D eigenvalue weighted by Crippen LogP contribution is 2.43. The summed E-state index contributed by atoms with van der Waals surface area (Å²) >= 11 is 0. The number of hydrogen-bond acceptors (Lipinski definition) is 4. The Morgan fingerprint density at radius 1 is 0.367 bits per heavy atom. The fourth-order valence-electron chi connectivity index (χ4n) is 9.27. The summed E-state index contributed by atoms with van der Waals surface area (Å²) < 4.78 is 2.37. The smallest absolute Gasteiger partial charge is 0.166 e. The summed E-state index contributed by atoms with van der Waals surface area (Å²) in [5, 5.41) is 20.9. The normalized spacial score (nSPS) is 11.7. The van der Waals surface area contributed by atoms with Gasteiger partial charge in [-0.05, 0) is 68.2 Å². The molecule has 0 bridgehead atoms. The highest BCUT2D eigenvalue weighted by molar-refractivity contribution is 6.64. The van der Waals surface area contributed by atoms with E-state index in [1.807, 2.05) is 44.2 Å². The Bertz CT molecular complexity index is 3470. The molecule has 2 heterocycles. The van der Waals surface area contributed by atoms with Gasteiger partial charge < -0.3 is 9.67 Å². The Labute approximate surface area is 351 Å². The van der Waals surface area contributed by atoms with Gasteiger partial charge in [0.05, 0.1) is 16.7 Å². The quantitative estimate of drug-likeness (QED) is 0.177. The molecule has 0 aliphatic rings. The molecule has 0 saturated carbocycles. The topological polar surface area (TPSA) is 63.8 Å². The van der Waals surface area contributed by atoms with E-state index in [1.165, 1.54) is 27.0 Å². The summed E-state index contributed by atoms with van der Waals surface area (Å²) in [6.07, 6.45) is 0. The van der Waals surface area contributed by atoms with E-state index in [9.17, 15) is 5.11 Å². The Morgan fingerprint density at radius 2 is 0.833 bits per heavy atom. The maximum absolute atomic E-state index is 11.6. The molecule has 9 aromatic carbocycles. The highest BCUT2D eigenvalue weighted by Gasteiger charge is 2.23. The van der Waals surface area contributed by atoms with Crippen molar-refractivity contribution in [1.29, 1.82) is 0 Å². The molecule has 0 atom stereocenters. The molecule has 2 aromatic heterocycles. The fraction of sp³-hybridized carbons (Fsp3) is 0. The van der Waals surface area contributed by atoms with Gasteiger partial charge in [0.2, 0.25) is 0 Å². The molecule has 11 rings (SSSR count). The van der Waals surface area contributed by atoms with Crippen molar-refractivity contribution in [2.45, 2.75) is 0 Å². The number of aromatic nitrogens is 4. The molecular formula is C51H36B4N4O. The van der Waals surface area contributed by atoms with Crippen LogP contribution >= 0.6 is 0 Å². The van der Waals surface area contributed by atoms with Crippen molar-refractivity contribution in [2.75, 3.05) is 0 Å². The summed E-state index contributed by atoms with van der Waals surface area (Å²) in [5.74, 6) is 2.15. The minimum absolute atomic E-state index is 0.341. The highest BCUT2D eigenvalue weighted by atomic mass is 16.3. The van der Waals surface area contributed by atoms with Gasteiger partial charge >= 0.3 is 0 Å². The van der Waals surface area contributed by atoms with Crippen molar-refractivity contribution in [3.63, 3.8) is 0 Å². The number of hydrogen-bond donors (Lipinski definition) is 1. The standard InChI is InChI=1S/C51H36B4N4O/c52-44-43(48(60)47(55)46(54)45(44)53)30-23-24-41-38(25-30)35-21-11-12-22-40(35)59(41)42-27-37-34-20-10-8-18-32(34)31-17-7-9-19-33(31)36(37)26-39(42)51-57-49(28-13-3-1-4-14-28)56-50(58-51)29-15-5-2-6-16-29/h1-27,60H,52-55H2.